The molecule has 0 amide bonds. The largest absolute Gasteiger partial charge is 0.341 e. The van der Waals surface area contributed by atoms with Crippen molar-refractivity contribution in [3.05, 3.63) is 54.9 Å². The fourth-order valence-corrected chi connectivity index (χ4v) is 5.01. The first-order valence-electron chi connectivity index (χ1n) is 10.5. The van der Waals surface area contributed by atoms with E-state index in [1.165, 1.54) is 31.1 Å². The van der Waals surface area contributed by atoms with E-state index in [1.54, 1.807) is 6.33 Å². The minimum atomic E-state index is 0.192. The molecule has 1 unspecified atom stereocenters. The number of hydrogen-bond acceptors (Lipinski definition) is 5. The zero-order valence-corrected chi connectivity index (χ0v) is 16.4. The molecular formula is C22H23N7. The third-order valence-corrected chi connectivity index (χ3v) is 6.37. The molecule has 7 nitrogen and oxygen atoms in total. The lowest BCUT2D eigenvalue weighted by molar-refractivity contribution is 0.468. The van der Waals surface area contributed by atoms with Crippen LogP contribution < -0.4 is 4.90 Å². The zero-order valence-electron chi connectivity index (χ0n) is 16.4. The van der Waals surface area contributed by atoms with E-state index in [2.05, 4.69) is 67.7 Å². The summed E-state index contributed by atoms with van der Waals surface area (Å²) in [5.74, 6) is 2.70. The molecule has 1 aliphatic heterocycles. The summed E-state index contributed by atoms with van der Waals surface area (Å²) in [4.78, 5) is 12.3. The van der Waals surface area contributed by atoms with Crippen molar-refractivity contribution in [3.63, 3.8) is 0 Å². The molecule has 4 heterocycles. The molecule has 1 aliphatic carbocycles. The number of fused-ring (bicyclic) bond motifs is 4. The fourth-order valence-electron chi connectivity index (χ4n) is 5.01. The number of rotatable bonds is 3. The number of nitrogens with zero attached hydrogens (tertiary/aromatic N) is 7. The van der Waals surface area contributed by atoms with Gasteiger partial charge in [-0.25, -0.2) is 4.98 Å². The maximum Gasteiger partial charge on any atom is 0.236 e. The molecule has 1 fully saturated rings. The quantitative estimate of drug-likeness (QED) is 0.528. The van der Waals surface area contributed by atoms with Crippen molar-refractivity contribution in [2.24, 2.45) is 0 Å². The van der Waals surface area contributed by atoms with Gasteiger partial charge in [0.05, 0.1) is 17.8 Å². The highest BCUT2D eigenvalue weighted by molar-refractivity contribution is 5.81. The van der Waals surface area contributed by atoms with Crippen LogP contribution >= 0.6 is 0 Å². The molecule has 0 bridgehead atoms. The van der Waals surface area contributed by atoms with Gasteiger partial charge < -0.3 is 4.90 Å². The summed E-state index contributed by atoms with van der Waals surface area (Å²) in [6.07, 6.45) is 11.7. The maximum absolute atomic E-state index is 5.11. The molecule has 146 valence electrons. The number of benzene rings is 1. The Kier molecular flexibility index (Phi) is 3.69. The average Bonchev–Trinajstić information content (AvgIpc) is 3.52. The summed E-state index contributed by atoms with van der Waals surface area (Å²) < 4.78 is 4.14. The van der Waals surface area contributed by atoms with Gasteiger partial charge in [0.15, 0.2) is 11.6 Å². The van der Waals surface area contributed by atoms with E-state index in [0.29, 0.717) is 12.0 Å². The molecule has 7 heteroatoms. The third-order valence-electron chi connectivity index (χ3n) is 6.37. The predicted octanol–water partition coefficient (Wildman–Crippen LogP) is 4.21. The van der Waals surface area contributed by atoms with Gasteiger partial charge in [0.2, 0.25) is 5.95 Å². The molecule has 1 aromatic carbocycles. The van der Waals surface area contributed by atoms with Gasteiger partial charge in [-0.15, -0.1) is 10.2 Å². The molecule has 1 saturated carbocycles. The van der Waals surface area contributed by atoms with Gasteiger partial charge in [-0.2, -0.15) is 4.98 Å². The third kappa shape index (κ3) is 2.43. The van der Waals surface area contributed by atoms with Gasteiger partial charge >= 0.3 is 0 Å². The fraction of sp³-hybridized carbons (Fsp3) is 0.364. The Bertz CT molecular complexity index is 1180. The summed E-state index contributed by atoms with van der Waals surface area (Å²) in [7, 11) is 0. The Balaban J connectivity index is 1.56. The standard InChI is InChI=1S/C22H23N7/c1-2-17-21-26-24-14-28(21)19-13-23-22(25-20(19)29(17)16-8-4-5-9-16)27-12-11-15-7-3-6-10-18(15)27/h3,6-7,10-14,16-17H,2,4-5,8-9H2,1H3. The normalized spacial score (nSPS) is 18.9. The van der Waals surface area contributed by atoms with Gasteiger partial charge in [-0.05, 0) is 31.4 Å². The van der Waals surface area contributed by atoms with Crippen LogP contribution in [0.15, 0.2) is 49.1 Å². The molecule has 0 saturated heterocycles. The van der Waals surface area contributed by atoms with Gasteiger partial charge in [-0.3, -0.25) is 9.13 Å². The van der Waals surface area contributed by atoms with Crippen LogP contribution in [0, 0.1) is 0 Å². The minimum absolute atomic E-state index is 0.192. The molecule has 1 atom stereocenters. The van der Waals surface area contributed by atoms with Crippen molar-refractivity contribution in [2.75, 3.05) is 4.90 Å². The van der Waals surface area contributed by atoms with Crippen molar-refractivity contribution in [2.45, 2.75) is 51.1 Å². The lowest BCUT2D eigenvalue weighted by Gasteiger charge is -2.40. The SMILES string of the molecule is CCC1c2nncn2-c2cnc(-n3ccc4ccccc43)nc2N1C1CCCC1. The van der Waals surface area contributed by atoms with E-state index in [0.717, 1.165) is 29.3 Å². The summed E-state index contributed by atoms with van der Waals surface area (Å²) in [6, 6.07) is 11.1. The number of anilines is 1. The molecule has 6 rings (SSSR count). The second-order valence-electron chi connectivity index (χ2n) is 7.95. The number of hydrogen-bond donors (Lipinski definition) is 0. The van der Waals surface area contributed by atoms with E-state index in [4.69, 9.17) is 9.97 Å². The van der Waals surface area contributed by atoms with E-state index in [9.17, 15) is 0 Å². The van der Waals surface area contributed by atoms with E-state index >= 15 is 0 Å². The van der Waals surface area contributed by atoms with Crippen LogP contribution in [0.1, 0.15) is 50.9 Å². The summed E-state index contributed by atoms with van der Waals surface area (Å²) in [5, 5.41) is 9.84. The molecule has 0 N–H and O–H groups in total. The van der Waals surface area contributed by atoms with E-state index in [-0.39, 0.29) is 6.04 Å². The lowest BCUT2D eigenvalue weighted by atomic mass is 10.0. The lowest BCUT2D eigenvalue weighted by Crippen LogP contribution is -2.42. The first kappa shape index (κ1) is 16.7. The second-order valence-corrected chi connectivity index (χ2v) is 7.95. The molecule has 2 aliphatic rings. The first-order chi connectivity index (χ1) is 14.3. The topological polar surface area (TPSA) is 64.7 Å². The highest BCUT2D eigenvalue weighted by Crippen LogP contribution is 2.42. The number of aromatic nitrogens is 6. The molecule has 0 spiro atoms. The van der Waals surface area contributed by atoms with Crippen LogP contribution in [0.25, 0.3) is 22.5 Å². The summed E-state index contributed by atoms with van der Waals surface area (Å²) >= 11 is 0. The van der Waals surface area contributed by atoms with Crippen molar-refractivity contribution in [1.82, 2.24) is 29.3 Å². The van der Waals surface area contributed by atoms with Crippen LogP contribution in [-0.2, 0) is 0 Å². The van der Waals surface area contributed by atoms with Crippen LogP contribution in [0.3, 0.4) is 0 Å². The Labute approximate surface area is 169 Å². The Morgan fingerprint density at radius 3 is 2.79 bits per heavy atom. The van der Waals surface area contributed by atoms with Crippen molar-refractivity contribution >= 4 is 16.7 Å². The Hall–Kier alpha value is -3.22. The monoisotopic (exact) mass is 385 g/mol. The minimum Gasteiger partial charge on any atom is -0.341 e. The van der Waals surface area contributed by atoms with Crippen molar-refractivity contribution < 1.29 is 0 Å². The molecule has 29 heavy (non-hydrogen) atoms. The Morgan fingerprint density at radius 2 is 1.93 bits per heavy atom. The highest BCUT2D eigenvalue weighted by atomic mass is 15.4. The van der Waals surface area contributed by atoms with E-state index in [1.807, 2.05) is 6.20 Å². The summed E-state index contributed by atoms with van der Waals surface area (Å²) in [6.45, 7) is 2.22. The Morgan fingerprint density at radius 1 is 1.07 bits per heavy atom. The second kappa shape index (κ2) is 6.40. The maximum atomic E-state index is 5.11. The van der Waals surface area contributed by atoms with Gasteiger partial charge in [-0.1, -0.05) is 38.0 Å². The summed E-state index contributed by atoms with van der Waals surface area (Å²) in [5.41, 5.74) is 2.09. The average molecular weight is 385 g/mol. The zero-order chi connectivity index (χ0) is 19.4. The predicted molar refractivity (Wildman–Crippen MR) is 112 cm³/mol. The molecule has 0 radical (unpaired) electrons. The van der Waals surface area contributed by atoms with Crippen LogP contribution in [-0.4, -0.2) is 35.3 Å². The molecular weight excluding hydrogens is 362 g/mol. The highest BCUT2D eigenvalue weighted by Gasteiger charge is 2.38. The molecule has 4 aromatic rings. The smallest absolute Gasteiger partial charge is 0.236 e. The first-order valence-corrected chi connectivity index (χ1v) is 10.5. The van der Waals surface area contributed by atoms with Crippen molar-refractivity contribution in [1.29, 1.82) is 0 Å². The van der Waals surface area contributed by atoms with Crippen LogP contribution in [0.5, 0.6) is 0 Å². The van der Waals surface area contributed by atoms with Crippen LogP contribution in [0.2, 0.25) is 0 Å². The number of para-hydroxylation sites is 1. The molecule has 3 aromatic heterocycles. The van der Waals surface area contributed by atoms with E-state index < -0.39 is 0 Å². The van der Waals surface area contributed by atoms with Crippen molar-refractivity contribution in [3.8, 4) is 11.6 Å². The van der Waals surface area contributed by atoms with Crippen LogP contribution in [0.4, 0.5) is 5.82 Å². The van der Waals surface area contributed by atoms with Gasteiger partial charge in [0, 0.05) is 17.6 Å². The van der Waals surface area contributed by atoms with Gasteiger partial charge in [0.1, 0.15) is 12.0 Å². The van der Waals surface area contributed by atoms with Gasteiger partial charge in [0.25, 0.3) is 0 Å².